The number of alkyl halides is 3. The number of allylic oxidation sites excluding steroid dienone is 1. The lowest BCUT2D eigenvalue weighted by Crippen LogP contribution is -2.46. The Morgan fingerprint density at radius 2 is 2.05 bits per heavy atom. The van der Waals surface area contributed by atoms with Crippen LogP contribution >= 0.6 is 0 Å². The number of carbonyl (C=O) groups excluding carboxylic acids is 1. The van der Waals surface area contributed by atoms with Gasteiger partial charge in [-0.25, -0.2) is 14.8 Å². The Kier molecular flexibility index (Phi) is 8.04. The monoisotopic (exact) mass is 515 g/mol. The van der Waals surface area contributed by atoms with E-state index < -0.39 is 30.7 Å². The molecule has 0 saturated heterocycles. The molecule has 0 aromatic carbocycles. The highest BCUT2D eigenvalue weighted by Gasteiger charge is 2.30. The highest BCUT2D eigenvalue weighted by atomic mass is 19.4. The van der Waals surface area contributed by atoms with Gasteiger partial charge in [0.1, 0.15) is 17.1 Å². The molecule has 3 aromatic heterocycles. The van der Waals surface area contributed by atoms with Gasteiger partial charge in [-0.15, -0.1) is 0 Å². The van der Waals surface area contributed by atoms with E-state index in [0.29, 0.717) is 42.9 Å². The summed E-state index contributed by atoms with van der Waals surface area (Å²) in [6.45, 7) is 4.06. The Bertz CT molecular complexity index is 1270. The van der Waals surface area contributed by atoms with E-state index in [2.05, 4.69) is 16.4 Å². The van der Waals surface area contributed by atoms with Crippen LogP contribution in [0.5, 0.6) is 5.75 Å². The first-order valence-corrected chi connectivity index (χ1v) is 12.5. The second kappa shape index (κ2) is 11.2. The molecule has 3 aromatic rings. The molecule has 1 N–H and O–H groups in total. The number of hydrogen-bond acceptors (Lipinski definition) is 4. The second-order valence-corrected chi connectivity index (χ2v) is 9.21. The van der Waals surface area contributed by atoms with Crippen molar-refractivity contribution in [2.45, 2.75) is 64.2 Å². The predicted molar refractivity (Wildman–Crippen MR) is 135 cm³/mol. The van der Waals surface area contributed by atoms with Crippen molar-refractivity contribution in [3.05, 3.63) is 60.2 Å². The standard InChI is InChI=1S/C27H32F3N5O2/c1-4-35-18(2)22-10-11-23(37-3)24(33-22)20-16-19(25-31-14-15-34(25)17-20)8-6-5-7-9-21(32-26(35)36)12-13-27(28,29)30/h5,7,10-11,14-18,21H,4,6,8-9,12-13H2,1-3H3,(H,32,36)/b7-5+/t18-,21-/m1/s1. The molecule has 0 fully saturated rings. The number of rotatable bonds is 4. The van der Waals surface area contributed by atoms with Crippen molar-refractivity contribution >= 4 is 11.7 Å². The molecule has 10 heteroatoms. The molecule has 0 saturated carbocycles. The lowest BCUT2D eigenvalue weighted by Gasteiger charge is -2.30. The maximum absolute atomic E-state index is 13.2. The molecule has 4 heterocycles. The van der Waals surface area contributed by atoms with Crippen LogP contribution in [0.3, 0.4) is 0 Å². The van der Waals surface area contributed by atoms with Gasteiger partial charge in [0, 0.05) is 43.2 Å². The molecule has 4 rings (SSSR count). The van der Waals surface area contributed by atoms with E-state index in [1.807, 2.05) is 54.9 Å². The first-order chi connectivity index (χ1) is 17.7. The van der Waals surface area contributed by atoms with Crippen molar-refractivity contribution < 1.29 is 22.7 Å². The zero-order valence-electron chi connectivity index (χ0n) is 21.3. The van der Waals surface area contributed by atoms with Crippen LogP contribution in [0, 0.1) is 0 Å². The van der Waals surface area contributed by atoms with Gasteiger partial charge < -0.3 is 19.4 Å². The molecule has 198 valence electrons. The van der Waals surface area contributed by atoms with E-state index in [4.69, 9.17) is 9.72 Å². The summed E-state index contributed by atoms with van der Waals surface area (Å²) in [4.78, 5) is 24.2. The normalized spacial score (nSPS) is 20.1. The number of urea groups is 1. The minimum atomic E-state index is -4.29. The number of nitrogens with zero attached hydrogens (tertiary/aromatic N) is 4. The van der Waals surface area contributed by atoms with Gasteiger partial charge in [-0.3, -0.25) is 0 Å². The average molecular weight is 516 g/mol. The van der Waals surface area contributed by atoms with Gasteiger partial charge in [0.05, 0.1) is 18.8 Å². The lowest BCUT2D eigenvalue weighted by molar-refractivity contribution is -0.136. The van der Waals surface area contributed by atoms with Gasteiger partial charge >= 0.3 is 12.2 Å². The maximum atomic E-state index is 13.2. The molecule has 4 bridgehead atoms. The zero-order valence-corrected chi connectivity index (χ0v) is 21.3. The minimum Gasteiger partial charge on any atom is -0.494 e. The van der Waals surface area contributed by atoms with Crippen molar-refractivity contribution in [3.8, 4) is 17.0 Å². The molecule has 0 aliphatic carbocycles. The molecule has 0 radical (unpaired) electrons. The van der Waals surface area contributed by atoms with Crippen LogP contribution in [-0.4, -0.2) is 51.2 Å². The highest BCUT2D eigenvalue weighted by molar-refractivity contribution is 5.75. The summed E-state index contributed by atoms with van der Waals surface area (Å²) in [7, 11) is 1.59. The molecule has 7 nitrogen and oxygen atoms in total. The lowest BCUT2D eigenvalue weighted by atomic mass is 10.0. The number of amides is 2. The number of carbonyl (C=O) groups is 1. The molecule has 0 unspecified atom stereocenters. The highest BCUT2D eigenvalue weighted by Crippen LogP contribution is 2.33. The summed E-state index contributed by atoms with van der Waals surface area (Å²) in [5.41, 5.74) is 4.03. The fraction of sp³-hybridized carbons (Fsp3) is 0.444. The maximum Gasteiger partial charge on any atom is 0.389 e. The third-order valence-corrected chi connectivity index (χ3v) is 6.71. The predicted octanol–water partition coefficient (Wildman–Crippen LogP) is 6.10. The Morgan fingerprint density at radius 1 is 1.24 bits per heavy atom. The molecule has 1 aliphatic rings. The van der Waals surface area contributed by atoms with Gasteiger partial charge in [-0.1, -0.05) is 12.2 Å². The average Bonchev–Trinajstić information content (AvgIpc) is 3.34. The molecule has 1 aliphatic heterocycles. The number of fused-ring (bicyclic) bond motifs is 7. The quantitative estimate of drug-likeness (QED) is 0.426. The first-order valence-electron chi connectivity index (χ1n) is 12.5. The largest absolute Gasteiger partial charge is 0.494 e. The number of ether oxygens (including phenoxy) is 1. The summed E-state index contributed by atoms with van der Waals surface area (Å²) in [6.07, 6.45) is 5.63. The molecular formula is C27H32F3N5O2. The van der Waals surface area contributed by atoms with E-state index in [1.54, 1.807) is 18.2 Å². The van der Waals surface area contributed by atoms with Gasteiger partial charge in [-0.05, 0) is 63.3 Å². The number of aromatic nitrogens is 3. The summed E-state index contributed by atoms with van der Waals surface area (Å²) >= 11 is 0. The third-order valence-electron chi connectivity index (χ3n) is 6.71. The Morgan fingerprint density at radius 3 is 2.78 bits per heavy atom. The molecule has 37 heavy (non-hydrogen) atoms. The molecule has 2 atom stereocenters. The molecule has 2 amide bonds. The van der Waals surface area contributed by atoms with Crippen LogP contribution < -0.4 is 10.1 Å². The summed E-state index contributed by atoms with van der Waals surface area (Å²) < 4.78 is 46.4. The fourth-order valence-electron chi connectivity index (χ4n) is 4.70. The van der Waals surface area contributed by atoms with Crippen molar-refractivity contribution in [1.82, 2.24) is 24.6 Å². The van der Waals surface area contributed by atoms with Crippen LogP contribution in [0.4, 0.5) is 18.0 Å². The molecule has 0 spiro atoms. The van der Waals surface area contributed by atoms with E-state index in [9.17, 15) is 18.0 Å². The smallest absolute Gasteiger partial charge is 0.389 e. The summed E-state index contributed by atoms with van der Waals surface area (Å²) in [6, 6.07) is 4.23. The summed E-state index contributed by atoms with van der Waals surface area (Å²) in [5.74, 6) is 0.599. The SMILES string of the molecule is CCN1C(=O)N[C@@H](CCC(F)(F)F)C/C=C/CCc2cc(cn3ccnc23)-c2nc(ccc2OC)[C@H]1C. The Labute approximate surface area is 214 Å². The number of hydrogen-bond donors (Lipinski definition) is 1. The van der Waals surface area contributed by atoms with Crippen molar-refractivity contribution in [1.29, 1.82) is 0 Å². The molecular weight excluding hydrogens is 483 g/mol. The first kappa shape index (κ1) is 26.5. The number of halogens is 3. The topological polar surface area (TPSA) is 71.8 Å². The van der Waals surface area contributed by atoms with Gasteiger partial charge in [0.15, 0.2) is 0 Å². The zero-order chi connectivity index (χ0) is 26.6. The van der Waals surface area contributed by atoms with Crippen molar-refractivity contribution in [2.24, 2.45) is 0 Å². The fourth-order valence-corrected chi connectivity index (χ4v) is 4.70. The number of pyridine rings is 2. The van der Waals surface area contributed by atoms with Crippen molar-refractivity contribution in [3.63, 3.8) is 0 Å². The van der Waals surface area contributed by atoms with Crippen LogP contribution in [-0.2, 0) is 6.42 Å². The van der Waals surface area contributed by atoms with Gasteiger partial charge in [0.25, 0.3) is 0 Å². The number of nitrogens with one attached hydrogen (secondary N) is 1. The second-order valence-electron chi connectivity index (χ2n) is 9.21. The van der Waals surface area contributed by atoms with E-state index in [-0.39, 0.29) is 6.42 Å². The number of methoxy groups -OCH3 is 1. The van der Waals surface area contributed by atoms with Gasteiger partial charge in [0.2, 0.25) is 0 Å². The van der Waals surface area contributed by atoms with Crippen molar-refractivity contribution in [2.75, 3.05) is 13.7 Å². The number of imidazole rings is 1. The Balaban J connectivity index is 1.78. The van der Waals surface area contributed by atoms with Crippen LogP contribution in [0.1, 0.15) is 56.8 Å². The minimum absolute atomic E-state index is 0.187. The summed E-state index contributed by atoms with van der Waals surface area (Å²) in [5, 5.41) is 2.83. The third kappa shape index (κ3) is 6.23. The van der Waals surface area contributed by atoms with Gasteiger partial charge in [-0.2, -0.15) is 13.2 Å². The van der Waals surface area contributed by atoms with E-state index in [0.717, 1.165) is 16.8 Å². The van der Waals surface area contributed by atoms with E-state index >= 15 is 0 Å². The van der Waals surface area contributed by atoms with E-state index in [1.165, 1.54) is 0 Å². The van der Waals surface area contributed by atoms with Crippen LogP contribution in [0.15, 0.2) is 48.9 Å². The number of aryl methyl sites for hydroxylation is 1. The van der Waals surface area contributed by atoms with Crippen LogP contribution in [0.2, 0.25) is 0 Å². The Hall–Kier alpha value is -3.56. The van der Waals surface area contributed by atoms with Crippen LogP contribution in [0.25, 0.3) is 16.9 Å².